The minimum Gasteiger partial charge on any atom is -0.192 e. The van der Waals surface area contributed by atoms with Crippen molar-refractivity contribution in [2.24, 2.45) is 23.7 Å². The molecule has 2 fully saturated rings. The molecular weight excluding hydrogens is 418 g/mol. The van der Waals surface area contributed by atoms with Crippen molar-refractivity contribution >= 4 is 11.3 Å². The lowest BCUT2D eigenvalue weighted by atomic mass is 9.68. The first-order valence-corrected chi connectivity index (χ1v) is 14.6. The molecule has 1 heterocycles. The SMILES string of the molecule is CCCCCC1CCC(C2CCC(CCc3cc(-c4ccc(C)s4)ccc3C#N)CC2)CC1. The van der Waals surface area contributed by atoms with Crippen LogP contribution in [0.3, 0.4) is 0 Å². The summed E-state index contributed by atoms with van der Waals surface area (Å²) < 4.78 is 0. The Bertz CT molecular complexity index is 903. The zero-order valence-electron chi connectivity index (χ0n) is 21.0. The van der Waals surface area contributed by atoms with E-state index in [0.29, 0.717) is 0 Å². The molecule has 2 aromatic rings. The molecule has 2 heteroatoms. The highest BCUT2D eigenvalue weighted by Gasteiger charge is 2.30. The molecule has 33 heavy (non-hydrogen) atoms. The van der Waals surface area contributed by atoms with Crippen molar-refractivity contribution in [3.05, 3.63) is 46.3 Å². The molecule has 0 saturated heterocycles. The number of hydrogen-bond acceptors (Lipinski definition) is 2. The highest BCUT2D eigenvalue weighted by atomic mass is 32.1. The van der Waals surface area contributed by atoms with Gasteiger partial charge >= 0.3 is 0 Å². The van der Waals surface area contributed by atoms with Crippen LogP contribution in [0.15, 0.2) is 30.3 Å². The molecule has 1 aromatic carbocycles. The topological polar surface area (TPSA) is 23.8 Å². The van der Waals surface area contributed by atoms with Crippen LogP contribution in [-0.2, 0) is 6.42 Å². The molecule has 0 amide bonds. The summed E-state index contributed by atoms with van der Waals surface area (Å²) in [7, 11) is 0. The van der Waals surface area contributed by atoms with Crippen molar-refractivity contribution in [1.82, 2.24) is 0 Å². The summed E-state index contributed by atoms with van der Waals surface area (Å²) in [5.41, 5.74) is 3.40. The zero-order chi connectivity index (χ0) is 23.0. The lowest BCUT2D eigenvalue weighted by Crippen LogP contribution is -2.26. The standard InChI is InChI=1S/C31H43NS/c1-3-4-5-6-24-8-13-26(14-9-24)27-15-10-25(11-16-27)12-17-28-21-29(18-19-30(28)22-32)31-20-7-23(2)33-31/h7,18-21,24-27H,3-6,8-17H2,1-2H3. The molecule has 178 valence electrons. The number of nitriles is 1. The lowest BCUT2D eigenvalue weighted by Gasteiger charge is -2.38. The Morgan fingerprint density at radius 1 is 0.848 bits per heavy atom. The Labute approximate surface area is 206 Å². The van der Waals surface area contributed by atoms with Gasteiger partial charge in [-0.15, -0.1) is 11.3 Å². The number of rotatable bonds is 9. The van der Waals surface area contributed by atoms with Gasteiger partial charge in [0.05, 0.1) is 11.6 Å². The van der Waals surface area contributed by atoms with E-state index in [1.165, 1.54) is 104 Å². The van der Waals surface area contributed by atoms with Crippen molar-refractivity contribution in [2.75, 3.05) is 0 Å². The third-order valence-corrected chi connectivity index (χ3v) is 9.79. The first-order valence-electron chi connectivity index (χ1n) is 13.8. The van der Waals surface area contributed by atoms with Crippen molar-refractivity contribution in [1.29, 1.82) is 5.26 Å². The second-order valence-electron chi connectivity index (χ2n) is 11.0. The third kappa shape index (κ3) is 6.73. The first-order chi connectivity index (χ1) is 16.2. The maximum absolute atomic E-state index is 9.63. The van der Waals surface area contributed by atoms with Gasteiger partial charge in [0.1, 0.15) is 0 Å². The molecular formula is C31H43NS. The zero-order valence-corrected chi connectivity index (χ0v) is 21.8. The van der Waals surface area contributed by atoms with E-state index in [2.05, 4.69) is 44.2 Å². The molecule has 1 nitrogen and oxygen atoms in total. The molecule has 2 aliphatic carbocycles. The molecule has 0 bridgehead atoms. The van der Waals surface area contributed by atoms with Gasteiger partial charge in [0.2, 0.25) is 0 Å². The van der Waals surface area contributed by atoms with Gasteiger partial charge in [-0.05, 0) is 105 Å². The quantitative estimate of drug-likeness (QED) is 0.341. The van der Waals surface area contributed by atoms with Crippen molar-refractivity contribution in [3.8, 4) is 16.5 Å². The monoisotopic (exact) mass is 461 g/mol. The molecule has 0 atom stereocenters. The fourth-order valence-electron chi connectivity index (χ4n) is 6.59. The van der Waals surface area contributed by atoms with Crippen LogP contribution in [0.2, 0.25) is 0 Å². The summed E-state index contributed by atoms with van der Waals surface area (Å²) in [5, 5.41) is 9.63. The normalized spacial score (nSPS) is 25.6. The largest absolute Gasteiger partial charge is 0.192 e. The summed E-state index contributed by atoms with van der Waals surface area (Å²) >= 11 is 1.84. The van der Waals surface area contributed by atoms with E-state index in [4.69, 9.17) is 0 Å². The average Bonchev–Trinajstić information content (AvgIpc) is 3.30. The van der Waals surface area contributed by atoms with Gasteiger partial charge in [0, 0.05) is 9.75 Å². The number of unbranched alkanes of at least 4 members (excludes halogenated alkanes) is 2. The molecule has 0 spiro atoms. The summed E-state index contributed by atoms with van der Waals surface area (Å²) in [4.78, 5) is 2.66. The summed E-state index contributed by atoms with van der Waals surface area (Å²) in [6.07, 6.45) is 19.8. The molecule has 2 aliphatic rings. The Balaban J connectivity index is 1.24. The molecule has 1 aromatic heterocycles. The maximum atomic E-state index is 9.63. The van der Waals surface area contributed by atoms with Gasteiger partial charge in [0.25, 0.3) is 0 Å². The Morgan fingerprint density at radius 2 is 1.52 bits per heavy atom. The van der Waals surface area contributed by atoms with Crippen LogP contribution in [0, 0.1) is 41.9 Å². The van der Waals surface area contributed by atoms with E-state index < -0.39 is 0 Å². The highest BCUT2D eigenvalue weighted by Crippen LogP contribution is 2.43. The van der Waals surface area contributed by atoms with Gasteiger partial charge in [-0.2, -0.15) is 5.26 Å². The van der Waals surface area contributed by atoms with E-state index >= 15 is 0 Å². The van der Waals surface area contributed by atoms with E-state index in [-0.39, 0.29) is 0 Å². The van der Waals surface area contributed by atoms with Gasteiger partial charge in [0.15, 0.2) is 0 Å². The second kappa shape index (κ2) is 12.2. The van der Waals surface area contributed by atoms with E-state index in [1.807, 2.05) is 17.4 Å². The van der Waals surface area contributed by atoms with Crippen LogP contribution in [0.5, 0.6) is 0 Å². The predicted molar refractivity (Wildman–Crippen MR) is 143 cm³/mol. The van der Waals surface area contributed by atoms with Crippen molar-refractivity contribution in [2.45, 2.75) is 104 Å². The van der Waals surface area contributed by atoms with Crippen LogP contribution in [0.4, 0.5) is 0 Å². The Hall–Kier alpha value is -1.59. The Kier molecular flexibility index (Phi) is 9.08. The number of benzene rings is 1. The summed E-state index contributed by atoms with van der Waals surface area (Å²) in [5.74, 6) is 3.90. The molecule has 0 aliphatic heterocycles. The predicted octanol–water partition coefficient (Wildman–Crippen LogP) is 9.72. The lowest BCUT2D eigenvalue weighted by molar-refractivity contribution is 0.140. The smallest absolute Gasteiger partial charge is 0.0994 e. The van der Waals surface area contributed by atoms with E-state index in [1.54, 1.807) is 0 Å². The number of aryl methyl sites for hydroxylation is 2. The van der Waals surface area contributed by atoms with Crippen LogP contribution in [-0.4, -0.2) is 0 Å². The van der Waals surface area contributed by atoms with Crippen LogP contribution in [0.25, 0.3) is 10.4 Å². The molecule has 0 radical (unpaired) electrons. The second-order valence-corrected chi connectivity index (χ2v) is 12.3. The van der Waals surface area contributed by atoms with E-state index in [9.17, 15) is 5.26 Å². The number of hydrogen-bond donors (Lipinski definition) is 0. The molecule has 0 unspecified atom stereocenters. The van der Waals surface area contributed by atoms with Crippen molar-refractivity contribution in [3.63, 3.8) is 0 Å². The molecule has 4 rings (SSSR count). The molecule has 2 saturated carbocycles. The van der Waals surface area contributed by atoms with Crippen LogP contribution in [0.1, 0.15) is 106 Å². The maximum Gasteiger partial charge on any atom is 0.0994 e. The summed E-state index contributed by atoms with van der Waals surface area (Å²) in [6, 6.07) is 13.3. The van der Waals surface area contributed by atoms with Crippen LogP contribution >= 0.6 is 11.3 Å². The average molecular weight is 462 g/mol. The van der Waals surface area contributed by atoms with Gasteiger partial charge in [-0.1, -0.05) is 64.4 Å². The first kappa shape index (κ1) is 24.5. The highest BCUT2D eigenvalue weighted by molar-refractivity contribution is 7.15. The minimum atomic E-state index is 0.853. The van der Waals surface area contributed by atoms with Crippen molar-refractivity contribution < 1.29 is 0 Å². The summed E-state index contributed by atoms with van der Waals surface area (Å²) in [6.45, 7) is 4.48. The van der Waals surface area contributed by atoms with Crippen LogP contribution < -0.4 is 0 Å². The van der Waals surface area contributed by atoms with Gasteiger partial charge < -0.3 is 0 Å². The molecule has 0 N–H and O–H groups in total. The minimum absolute atomic E-state index is 0.853. The van der Waals surface area contributed by atoms with Gasteiger partial charge in [-0.3, -0.25) is 0 Å². The Morgan fingerprint density at radius 3 is 2.09 bits per heavy atom. The fourth-order valence-corrected chi connectivity index (χ4v) is 7.46. The van der Waals surface area contributed by atoms with Gasteiger partial charge in [-0.25, -0.2) is 0 Å². The number of thiophene rings is 1. The van der Waals surface area contributed by atoms with E-state index in [0.717, 1.165) is 35.7 Å². The number of nitrogens with zero attached hydrogens (tertiary/aromatic N) is 1. The third-order valence-electron chi connectivity index (χ3n) is 8.74. The fraction of sp³-hybridized carbons (Fsp3) is 0.645.